The van der Waals surface area contributed by atoms with Gasteiger partial charge in [0.25, 0.3) is 5.91 Å². The first-order valence-corrected chi connectivity index (χ1v) is 8.14. The van der Waals surface area contributed by atoms with E-state index in [1.807, 2.05) is 13.0 Å². The predicted molar refractivity (Wildman–Crippen MR) is 96.3 cm³/mol. The SMILES string of the molecule is Cc1ccccc1-c1c(C(=O)NO)cc(C(F)(F)F)cc1-c1ccccc1. The van der Waals surface area contributed by atoms with E-state index in [9.17, 15) is 18.0 Å². The summed E-state index contributed by atoms with van der Waals surface area (Å²) in [6.07, 6.45) is -4.64. The van der Waals surface area contributed by atoms with Crippen LogP contribution in [-0.2, 0) is 6.18 Å². The molecule has 0 fully saturated rings. The highest BCUT2D eigenvalue weighted by atomic mass is 19.4. The fourth-order valence-electron chi connectivity index (χ4n) is 3.03. The molecule has 0 heterocycles. The van der Waals surface area contributed by atoms with Gasteiger partial charge in [0.15, 0.2) is 0 Å². The molecular weight excluding hydrogens is 355 g/mol. The third kappa shape index (κ3) is 3.71. The Balaban J connectivity index is 2.45. The Morgan fingerprint density at radius 1 is 0.926 bits per heavy atom. The van der Waals surface area contributed by atoms with Gasteiger partial charge in [-0.05, 0) is 41.3 Å². The average Bonchev–Trinajstić information content (AvgIpc) is 2.67. The van der Waals surface area contributed by atoms with E-state index in [1.165, 1.54) is 5.48 Å². The van der Waals surface area contributed by atoms with Gasteiger partial charge in [-0.2, -0.15) is 13.2 Å². The second-order valence-electron chi connectivity index (χ2n) is 6.07. The minimum absolute atomic E-state index is 0.250. The van der Waals surface area contributed by atoms with Crippen molar-refractivity contribution in [2.75, 3.05) is 0 Å². The maximum Gasteiger partial charge on any atom is 0.416 e. The fraction of sp³-hybridized carbons (Fsp3) is 0.0952. The standard InChI is InChI=1S/C21H16F3NO2/c1-13-7-5-6-10-16(13)19-17(14-8-3-2-4-9-14)11-15(21(22,23)24)12-18(19)20(26)25-27/h2-12,27H,1H3,(H,25,26). The van der Waals surface area contributed by atoms with Crippen LogP contribution in [0.5, 0.6) is 0 Å². The number of carbonyl (C=O) groups excluding carboxylic acids is 1. The Bertz CT molecular complexity index is 982. The Labute approximate surface area is 154 Å². The maximum absolute atomic E-state index is 13.5. The number of halogens is 3. The van der Waals surface area contributed by atoms with Crippen LogP contribution in [-0.4, -0.2) is 11.1 Å². The summed E-state index contributed by atoms with van der Waals surface area (Å²) in [7, 11) is 0. The van der Waals surface area contributed by atoms with Crippen molar-refractivity contribution in [2.45, 2.75) is 13.1 Å². The zero-order chi connectivity index (χ0) is 19.6. The van der Waals surface area contributed by atoms with Gasteiger partial charge < -0.3 is 0 Å². The molecule has 0 aliphatic carbocycles. The first-order valence-electron chi connectivity index (χ1n) is 8.14. The maximum atomic E-state index is 13.5. The van der Waals surface area contributed by atoms with Crippen LogP contribution < -0.4 is 5.48 Å². The van der Waals surface area contributed by atoms with Crippen LogP contribution in [0.25, 0.3) is 22.3 Å². The van der Waals surface area contributed by atoms with E-state index in [1.54, 1.807) is 48.5 Å². The van der Waals surface area contributed by atoms with Crippen LogP contribution in [0.15, 0.2) is 66.7 Å². The first-order chi connectivity index (χ1) is 12.8. The highest BCUT2D eigenvalue weighted by Gasteiger charge is 2.33. The van der Waals surface area contributed by atoms with Crippen molar-refractivity contribution in [3.05, 3.63) is 83.4 Å². The van der Waals surface area contributed by atoms with Crippen molar-refractivity contribution in [3.8, 4) is 22.3 Å². The Kier molecular flexibility index (Phi) is 5.01. The van der Waals surface area contributed by atoms with Gasteiger partial charge in [0.1, 0.15) is 0 Å². The Hall–Kier alpha value is -3.12. The molecule has 1 amide bonds. The summed E-state index contributed by atoms with van der Waals surface area (Å²) >= 11 is 0. The molecule has 0 saturated heterocycles. The van der Waals surface area contributed by atoms with Gasteiger partial charge in [-0.15, -0.1) is 0 Å². The van der Waals surface area contributed by atoms with Crippen molar-refractivity contribution in [3.63, 3.8) is 0 Å². The minimum Gasteiger partial charge on any atom is -0.288 e. The molecule has 2 N–H and O–H groups in total. The highest BCUT2D eigenvalue weighted by Crippen LogP contribution is 2.41. The number of amides is 1. The summed E-state index contributed by atoms with van der Waals surface area (Å²) < 4.78 is 40.4. The lowest BCUT2D eigenvalue weighted by atomic mass is 9.86. The molecule has 138 valence electrons. The molecule has 0 aliphatic rings. The predicted octanol–water partition coefficient (Wildman–Crippen LogP) is 5.47. The molecular formula is C21H16F3NO2. The van der Waals surface area contributed by atoms with Gasteiger partial charge in [-0.3, -0.25) is 10.0 Å². The largest absolute Gasteiger partial charge is 0.416 e. The first kappa shape index (κ1) is 18.7. The summed E-state index contributed by atoms with van der Waals surface area (Å²) in [6, 6.07) is 17.4. The minimum atomic E-state index is -4.64. The van der Waals surface area contributed by atoms with Gasteiger partial charge >= 0.3 is 6.18 Å². The van der Waals surface area contributed by atoms with E-state index in [0.717, 1.165) is 17.7 Å². The van der Waals surface area contributed by atoms with Crippen LogP contribution >= 0.6 is 0 Å². The van der Waals surface area contributed by atoms with Gasteiger partial charge in [0.05, 0.1) is 11.1 Å². The number of hydroxylamine groups is 1. The van der Waals surface area contributed by atoms with Crippen molar-refractivity contribution < 1.29 is 23.2 Å². The molecule has 0 radical (unpaired) electrons. The molecule has 3 rings (SSSR count). The smallest absolute Gasteiger partial charge is 0.288 e. The molecule has 6 heteroatoms. The van der Waals surface area contributed by atoms with E-state index in [0.29, 0.717) is 16.7 Å². The molecule has 3 nitrogen and oxygen atoms in total. The molecule has 0 spiro atoms. The van der Waals surface area contributed by atoms with E-state index < -0.39 is 17.6 Å². The molecule has 0 atom stereocenters. The zero-order valence-electron chi connectivity index (χ0n) is 14.3. The van der Waals surface area contributed by atoms with Crippen LogP contribution in [0.2, 0.25) is 0 Å². The number of rotatable bonds is 3. The summed E-state index contributed by atoms with van der Waals surface area (Å²) in [4.78, 5) is 12.3. The lowest BCUT2D eigenvalue weighted by Crippen LogP contribution is -2.21. The van der Waals surface area contributed by atoms with Crippen LogP contribution in [0, 0.1) is 6.92 Å². The molecule has 3 aromatic rings. The van der Waals surface area contributed by atoms with E-state index in [4.69, 9.17) is 5.21 Å². The van der Waals surface area contributed by atoms with Crippen LogP contribution in [0.4, 0.5) is 13.2 Å². The van der Waals surface area contributed by atoms with Gasteiger partial charge in [-0.25, -0.2) is 5.48 Å². The van der Waals surface area contributed by atoms with E-state index >= 15 is 0 Å². The van der Waals surface area contributed by atoms with Crippen LogP contribution in [0.1, 0.15) is 21.5 Å². The fourth-order valence-corrected chi connectivity index (χ4v) is 3.03. The van der Waals surface area contributed by atoms with Gasteiger partial charge in [0.2, 0.25) is 0 Å². The highest BCUT2D eigenvalue weighted by molar-refractivity contribution is 6.05. The number of alkyl halides is 3. The Morgan fingerprint density at radius 2 is 1.56 bits per heavy atom. The third-order valence-electron chi connectivity index (χ3n) is 4.31. The average molecular weight is 371 g/mol. The number of aryl methyl sites for hydroxylation is 1. The third-order valence-corrected chi connectivity index (χ3v) is 4.31. The number of hydrogen-bond acceptors (Lipinski definition) is 2. The lowest BCUT2D eigenvalue weighted by molar-refractivity contribution is -0.137. The lowest BCUT2D eigenvalue weighted by Gasteiger charge is -2.19. The molecule has 0 bridgehead atoms. The van der Waals surface area contributed by atoms with Crippen molar-refractivity contribution in [1.29, 1.82) is 0 Å². The van der Waals surface area contributed by atoms with Crippen molar-refractivity contribution in [2.24, 2.45) is 0 Å². The molecule has 0 aromatic heterocycles. The molecule has 0 aliphatic heterocycles. The van der Waals surface area contributed by atoms with Crippen molar-refractivity contribution in [1.82, 2.24) is 5.48 Å². The second-order valence-corrected chi connectivity index (χ2v) is 6.07. The van der Waals surface area contributed by atoms with Gasteiger partial charge in [0, 0.05) is 5.56 Å². The van der Waals surface area contributed by atoms with Crippen LogP contribution in [0.3, 0.4) is 0 Å². The van der Waals surface area contributed by atoms with E-state index in [-0.39, 0.29) is 11.1 Å². The number of nitrogens with one attached hydrogen (secondary N) is 1. The molecule has 0 unspecified atom stereocenters. The number of hydrogen-bond donors (Lipinski definition) is 2. The molecule has 27 heavy (non-hydrogen) atoms. The monoisotopic (exact) mass is 371 g/mol. The second kappa shape index (κ2) is 7.25. The normalized spacial score (nSPS) is 11.3. The number of carbonyl (C=O) groups is 1. The molecule has 3 aromatic carbocycles. The Morgan fingerprint density at radius 3 is 2.15 bits per heavy atom. The summed E-state index contributed by atoms with van der Waals surface area (Å²) in [6.45, 7) is 1.81. The molecule has 0 saturated carbocycles. The number of benzene rings is 3. The van der Waals surface area contributed by atoms with Crippen molar-refractivity contribution >= 4 is 5.91 Å². The zero-order valence-corrected chi connectivity index (χ0v) is 14.3. The quantitative estimate of drug-likeness (QED) is 0.474. The summed E-state index contributed by atoms with van der Waals surface area (Å²) in [5.41, 5.74) is 2.79. The summed E-state index contributed by atoms with van der Waals surface area (Å²) in [5, 5.41) is 9.10. The van der Waals surface area contributed by atoms with Gasteiger partial charge in [-0.1, -0.05) is 54.6 Å². The van der Waals surface area contributed by atoms with E-state index in [2.05, 4.69) is 0 Å². The topological polar surface area (TPSA) is 49.3 Å². The summed E-state index contributed by atoms with van der Waals surface area (Å²) in [5.74, 6) is -1.00.